The van der Waals surface area contributed by atoms with Gasteiger partial charge in [-0.2, -0.15) is 0 Å². The van der Waals surface area contributed by atoms with E-state index in [1.807, 2.05) is 73.7 Å². The topological polar surface area (TPSA) is 92.8 Å². The third kappa shape index (κ3) is 5.19. The number of aliphatic hydroxyl groups is 1. The van der Waals surface area contributed by atoms with Gasteiger partial charge in [0.25, 0.3) is 0 Å². The molecule has 1 unspecified atom stereocenters. The van der Waals surface area contributed by atoms with Crippen LogP contribution < -0.4 is 4.74 Å². The van der Waals surface area contributed by atoms with Crippen molar-refractivity contribution in [3.05, 3.63) is 94.9 Å². The van der Waals surface area contributed by atoms with E-state index < -0.39 is 5.97 Å². The Kier molecular flexibility index (Phi) is 6.87. The maximum Gasteiger partial charge on any atom is 0.303 e. The molecule has 184 valence electrons. The summed E-state index contributed by atoms with van der Waals surface area (Å²) in [5, 5.41) is 18.3. The predicted molar refractivity (Wildman–Crippen MR) is 137 cm³/mol. The molecule has 0 aliphatic heterocycles. The molecule has 0 bridgehead atoms. The minimum absolute atomic E-state index is 0.0401. The molecule has 5 rings (SSSR count). The van der Waals surface area contributed by atoms with Crippen molar-refractivity contribution in [2.75, 3.05) is 6.61 Å². The summed E-state index contributed by atoms with van der Waals surface area (Å²) in [7, 11) is 0. The Bertz CT molecular complexity index is 1360. The molecule has 6 heteroatoms. The quantitative estimate of drug-likeness (QED) is 0.306. The fourth-order valence-electron chi connectivity index (χ4n) is 4.85. The molecule has 0 amide bonds. The van der Waals surface area contributed by atoms with E-state index in [-0.39, 0.29) is 18.9 Å². The highest BCUT2D eigenvalue weighted by Gasteiger charge is 2.25. The van der Waals surface area contributed by atoms with Crippen LogP contribution in [0.3, 0.4) is 0 Å². The lowest BCUT2D eigenvalue weighted by atomic mass is 9.98. The van der Waals surface area contributed by atoms with Crippen LogP contribution in [0.4, 0.5) is 0 Å². The van der Waals surface area contributed by atoms with Gasteiger partial charge in [0.2, 0.25) is 5.89 Å². The Hall–Kier alpha value is -3.90. The molecular weight excluding hydrogens is 454 g/mol. The van der Waals surface area contributed by atoms with E-state index >= 15 is 0 Å². The largest absolute Gasteiger partial charge is 0.493 e. The molecule has 4 aromatic rings. The first-order valence-electron chi connectivity index (χ1n) is 12.2. The van der Waals surface area contributed by atoms with Crippen molar-refractivity contribution in [2.45, 2.75) is 45.1 Å². The van der Waals surface area contributed by atoms with Crippen molar-refractivity contribution in [1.29, 1.82) is 0 Å². The highest BCUT2D eigenvalue weighted by molar-refractivity contribution is 5.69. The molecule has 1 aliphatic carbocycles. The summed E-state index contributed by atoms with van der Waals surface area (Å²) < 4.78 is 11.9. The summed E-state index contributed by atoms with van der Waals surface area (Å²) in [5.41, 5.74) is 7.17. The Morgan fingerprint density at radius 1 is 1.03 bits per heavy atom. The molecule has 3 aromatic carbocycles. The first-order chi connectivity index (χ1) is 17.5. The monoisotopic (exact) mass is 483 g/mol. The molecule has 0 radical (unpaired) electrons. The third-order valence-corrected chi connectivity index (χ3v) is 6.84. The Balaban J connectivity index is 1.20. The number of ether oxygens (including phenoxy) is 1. The zero-order chi connectivity index (χ0) is 25.1. The summed E-state index contributed by atoms with van der Waals surface area (Å²) in [6, 6.07) is 21.9. The van der Waals surface area contributed by atoms with Crippen molar-refractivity contribution < 1.29 is 24.2 Å². The van der Waals surface area contributed by atoms with E-state index in [4.69, 9.17) is 19.2 Å². The summed E-state index contributed by atoms with van der Waals surface area (Å²) in [6.07, 6.45) is 2.58. The molecule has 36 heavy (non-hydrogen) atoms. The van der Waals surface area contributed by atoms with Gasteiger partial charge < -0.3 is 19.4 Å². The number of hydrogen-bond acceptors (Lipinski definition) is 5. The van der Waals surface area contributed by atoms with Crippen molar-refractivity contribution >= 4 is 5.97 Å². The Morgan fingerprint density at radius 3 is 2.42 bits per heavy atom. The molecule has 1 aromatic heterocycles. The van der Waals surface area contributed by atoms with Crippen molar-refractivity contribution in [3.8, 4) is 28.3 Å². The second kappa shape index (κ2) is 10.4. The van der Waals surface area contributed by atoms with Crippen molar-refractivity contribution in [1.82, 2.24) is 4.98 Å². The number of nitrogens with zero attached hydrogens (tertiary/aromatic N) is 1. The van der Waals surface area contributed by atoms with E-state index in [2.05, 4.69) is 0 Å². The molecule has 0 saturated heterocycles. The van der Waals surface area contributed by atoms with Gasteiger partial charge in [-0.1, -0.05) is 42.5 Å². The number of hydrogen-bond donors (Lipinski definition) is 2. The molecule has 1 atom stereocenters. The van der Waals surface area contributed by atoms with Gasteiger partial charge in [0.15, 0.2) is 0 Å². The fraction of sp³-hybridized carbons (Fsp3) is 0.267. The van der Waals surface area contributed by atoms with Crippen LogP contribution in [0.1, 0.15) is 46.9 Å². The minimum atomic E-state index is -0.750. The average molecular weight is 484 g/mol. The Labute approximate surface area is 210 Å². The predicted octanol–water partition coefficient (Wildman–Crippen LogP) is 5.94. The smallest absolute Gasteiger partial charge is 0.303 e. The molecule has 1 aliphatic rings. The molecular formula is C30H29NO5. The van der Waals surface area contributed by atoms with E-state index in [1.54, 1.807) is 0 Å². The number of oxazole rings is 1. The van der Waals surface area contributed by atoms with Gasteiger partial charge in [0.1, 0.15) is 11.5 Å². The van der Waals surface area contributed by atoms with Crippen LogP contribution in [-0.4, -0.2) is 27.8 Å². The minimum Gasteiger partial charge on any atom is -0.493 e. The summed E-state index contributed by atoms with van der Waals surface area (Å²) in [6.45, 7) is 2.44. The average Bonchev–Trinajstić information content (AvgIpc) is 3.46. The standard InChI is InChI=1S/C30H29NO5/c1-19-28(14-15-35-26-12-13-27-24(16-26)10-11-25(27)17-29(33)34)31-30(36-19)23-8-6-22(7-9-23)21-4-2-20(18-32)3-5-21/h2-9,12-13,16,25,32H,10-11,14-15,17-18H2,1H3,(H,33,34). The summed E-state index contributed by atoms with van der Waals surface area (Å²) in [4.78, 5) is 15.8. The highest BCUT2D eigenvalue weighted by atomic mass is 16.5. The number of aromatic nitrogens is 1. The van der Waals surface area contributed by atoms with Crippen molar-refractivity contribution in [2.24, 2.45) is 0 Å². The number of fused-ring (bicyclic) bond motifs is 1. The van der Waals surface area contributed by atoms with E-state index in [0.29, 0.717) is 18.9 Å². The van der Waals surface area contributed by atoms with Gasteiger partial charge in [-0.3, -0.25) is 4.79 Å². The maximum absolute atomic E-state index is 11.1. The van der Waals surface area contributed by atoms with Crippen LogP contribution in [0.25, 0.3) is 22.6 Å². The van der Waals surface area contributed by atoms with E-state index in [1.165, 1.54) is 5.56 Å². The van der Waals surface area contributed by atoms with Crippen LogP contribution in [0, 0.1) is 6.92 Å². The number of carboxylic acids is 1. The van der Waals surface area contributed by atoms with Gasteiger partial charge in [0, 0.05) is 12.0 Å². The molecule has 1 heterocycles. The lowest BCUT2D eigenvalue weighted by molar-refractivity contribution is -0.137. The molecule has 0 spiro atoms. The van der Waals surface area contributed by atoms with Crippen LogP contribution in [-0.2, 0) is 24.2 Å². The zero-order valence-electron chi connectivity index (χ0n) is 20.2. The lowest BCUT2D eigenvalue weighted by Crippen LogP contribution is -2.04. The Morgan fingerprint density at radius 2 is 1.72 bits per heavy atom. The van der Waals surface area contributed by atoms with Gasteiger partial charge in [-0.15, -0.1) is 0 Å². The number of aliphatic carboxylic acids is 1. The van der Waals surface area contributed by atoms with Crippen LogP contribution >= 0.6 is 0 Å². The van der Waals surface area contributed by atoms with Gasteiger partial charge in [-0.25, -0.2) is 4.98 Å². The third-order valence-electron chi connectivity index (χ3n) is 6.84. The second-order valence-electron chi connectivity index (χ2n) is 9.25. The summed E-state index contributed by atoms with van der Waals surface area (Å²) in [5.74, 6) is 1.52. The zero-order valence-corrected chi connectivity index (χ0v) is 20.2. The van der Waals surface area contributed by atoms with E-state index in [9.17, 15) is 9.90 Å². The van der Waals surface area contributed by atoms with Crippen molar-refractivity contribution in [3.63, 3.8) is 0 Å². The van der Waals surface area contributed by atoms with Gasteiger partial charge in [0.05, 0.1) is 25.3 Å². The van der Waals surface area contributed by atoms with Gasteiger partial charge >= 0.3 is 5.97 Å². The number of carboxylic acid groups (broad SMARTS) is 1. The lowest BCUT2D eigenvalue weighted by Gasteiger charge is -2.10. The van der Waals surface area contributed by atoms with Crippen LogP contribution in [0.2, 0.25) is 0 Å². The maximum atomic E-state index is 11.1. The number of carbonyl (C=O) groups is 1. The van der Waals surface area contributed by atoms with Gasteiger partial charge in [-0.05, 0) is 77.8 Å². The molecule has 2 N–H and O–H groups in total. The number of benzene rings is 3. The first-order valence-corrected chi connectivity index (χ1v) is 12.2. The van der Waals surface area contributed by atoms with Crippen LogP contribution in [0.15, 0.2) is 71.1 Å². The molecule has 0 saturated carbocycles. The second-order valence-corrected chi connectivity index (χ2v) is 9.25. The fourth-order valence-corrected chi connectivity index (χ4v) is 4.85. The first kappa shape index (κ1) is 23.8. The SMILES string of the molecule is Cc1oc(-c2ccc(-c3ccc(CO)cc3)cc2)nc1CCOc1ccc2c(c1)CCC2CC(=O)O. The highest BCUT2D eigenvalue weighted by Crippen LogP contribution is 2.37. The van der Waals surface area contributed by atoms with E-state index in [0.717, 1.165) is 57.9 Å². The summed E-state index contributed by atoms with van der Waals surface area (Å²) >= 11 is 0. The number of rotatable bonds is 9. The van der Waals surface area contributed by atoms with Crippen LogP contribution in [0.5, 0.6) is 5.75 Å². The normalized spacial score (nSPS) is 14.6. The molecule has 0 fully saturated rings. The number of aryl methyl sites for hydroxylation is 2. The number of aliphatic hydroxyl groups excluding tert-OH is 1. The molecule has 6 nitrogen and oxygen atoms in total.